The molecule has 0 spiro atoms. The fourth-order valence-electron chi connectivity index (χ4n) is 3.21. The number of hydrogen-bond acceptors (Lipinski definition) is 6. The number of rotatable bonds is 5. The lowest BCUT2D eigenvalue weighted by molar-refractivity contribution is -0.143. The summed E-state index contributed by atoms with van der Waals surface area (Å²) in [5.41, 5.74) is 2.78. The molecule has 0 unspecified atom stereocenters. The Morgan fingerprint density at radius 1 is 1.13 bits per heavy atom. The van der Waals surface area contributed by atoms with Crippen LogP contribution in [0.4, 0.5) is 0 Å². The second-order valence-corrected chi connectivity index (χ2v) is 7.92. The van der Waals surface area contributed by atoms with Crippen molar-refractivity contribution in [3.8, 4) is 11.5 Å². The van der Waals surface area contributed by atoms with E-state index in [2.05, 4.69) is 4.99 Å². The van der Waals surface area contributed by atoms with Crippen LogP contribution in [-0.2, 0) is 27.3 Å². The van der Waals surface area contributed by atoms with Gasteiger partial charge < -0.3 is 18.8 Å². The summed E-state index contributed by atoms with van der Waals surface area (Å²) in [6.45, 7) is 4.95. The lowest BCUT2D eigenvalue weighted by atomic mass is 10.1. The summed E-state index contributed by atoms with van der Waals surface area (Å²) in [5.74, 6) is 0.595. The normalized spacial score (nSPS) is 13.5. The predicted octanol–water partition coefficient (Wildman–Crippen LogP) is 3.02. The molecule has 0 bridgehead atoms. The molecule has 0 atom stereocenters. The summed E-state index contributed by atoms with van der Waals surface area (Å²) in [6, 6.07) is 11.5. The van der Waals surface area contributed by atoms with Crippen LogP contribution >= 0.6 is 11.3 Å². The predicted molar refractivity (Wildman–Crippen MR) is 113 cm³/mol. The zero-order valence-corrected chi connectivity index (χ0v) is 17.7. The number of benzene rings is 2. The minimum Gasteiger partial charge on any atom is -0.486 e. The zero-order chi connectivity index (χ0) is 21.1. The standard InChI is InChI=1S/C22H22N2O5S/c1-3-27-21(26)13-24-16-11-17-18(29-9-8-28-17)12-19(16)30-22(24)23-20(25)10-15-6-4-14(2)5-7-15/h4-7,11-12H,3,8-10,13H2,1-2H3. The Morgan fingerprint density at radius 2 is 1.83 bits per heavy atom. The van der Waals surface area contributed by atoms with Crippen molar-refractivity contribution in [1.29, 1.82) is 0 Å². The van der Waals surface area contributed by atoms with Crippen molar-refractivity contribution in [3.05, 3.63) is 52.3 Å². The molecule has 0 aliphatic carbocycles. The minimum absolute atomic E-state index is 0.0376. The number of amides is 1. The number of thiazole rings is 1. The average molecular weight is 426 g/mol. The lowest BCUT2D eigenvalue weighted by Gasteiger charge is -2.18. The molecule has 0 saturated carbocycles. The van der Waals surface area contributed by atoms with Crippen molar-refractivity contribution in [3.63, 3.8) is 0 Å². The number of nitrogens with zero attached hydrogens (tertiary/aromatic N) is 2. The van der Waals surface area contributed by atoms with Crippen molar-refractivity contribution in [2.24, 2.45) is 4.99 Å². The summed E-state index contributed by atoms with van der Waals surface area (Å²) < 4.78 is 19.0. The topological polar surface area (TPSA) is 79.1 Å². The Hall–Kier alpha value is -3.13. The van der Waals surface area contributed by atoms with Crippen molar-refractivity contribution in [2.75, 3.05) is 19.8 Å². The third kappa shape index (κ3) is 4.38. The lowest BCUT2D eigenvalue weighted by Crippen LogP contribution is -2.23. The highest BCUT2D eigenvalue weighted by atomic mass is 32.1. The fourth-order valence-corrected chi connectivity index (χ4v) is 4.26. The Balaban J connectivity index is 1.74. The summed E-state index contributed by atoms with van der Waals surface area (Å²) in [7, 11) is 0. The maximum atomic E-state index is 12.6. The van der Waals surface area contributed by atoms with Gasteiger partial charge in [-0.1, -0.05) is 41.2 Å². The van der Waals surface area contributed by atoms with Gasteiger partial charge in [-0.25, -0.2) is 0 Å². The van der Waals surface area contributed by atoms with Gasteiger partial charge in [-0.3, -0.25) is 9.59 Å². The highest BCUT2D eigenvalue weighted by molar-refractivity contribution is 7.16. The van der Waals surface area contributed by atoms with Crippen LogP contribution in [0.3, 0.4) is 0 Å². The Kier molecular flexibility index (Phi) is 5.85. The minimum atomic E-state index is -0.389. The molecule has 3 aromatic rings. The molecule has 4 rings (SSSR count). The van der Waals surface area contributed by atoms with Gasteiger partial charge in [-0.15, -0.1) is 0 Å². The molecule has 1 aliphatic rings. The summed E-state index contributed by atoms with van der Waals surface area (Å²) >= 11 is 1.33. The largest absolute Gasteiger partial charge is 0.486 e. The van der Waals surface area contributed by atoms with E-state index in [4.69, 9.17) is 14.2 Å². The van der Waals surface area contributed by atoms with E-state index in [1.807, 2.05) is 43.3 Å². The Bertz CT molecular complexity index is 1160. The number of aromatic nitrogens is 1. The first-order valence-corrected chi connectivity index (χ1v) is 10.6. The molecule has 1 aromatic heterocycles. The second-order valence-electron chi connectivity index (χ2n) is 6.91. The van der Waals surface area contributed by atoms with E-state index < -0.39 is 0 Å². The third-order valence-electron chi connectivity index (χ3n) is 4.64. The third-order valence-corrected chi connectivity index (χ3v) is 5.68. The number of ether oxygens (including phenoxy) is 3. The number of esters is 1. The van der Waals surface area contributed by atoms with E-state index in [0.29, 0.717) is 29.5 Å². The molecular weight excluding hydrogens is 404 g/mol. The van der Waals surface area contributed by atoms with Gasteiger partial charge in [-0.2, -0.15) is 4.99 Å². The molecule has 7 nitrogen and oxygen atoms in total. The van der Waals surface area contributed by atoms with Crippen LogP contribution in [0.15, 0.2) is 41.4 Å². The number of hydrogen-bond donors (Lipinski definition) is 0. The van der Waals surface area contributed by atoms with Crippen LogP contribution in [0.1, 0.15) is 18.1 Å². The SMILES string of the molecule is CCOC(=O)Cn1c(=NC(=O)Cc2ccc(C)cc2)sc2cc3c(cc21)OCCO3. The molecule has 0 radical (unpaired) electrons. The van der Waals surface area contributed by atoms with Gasteiger partial charge in [0.1, 0.15) is 19.8 Å². The summed E-state index contributed by atoms with van der Waals surface area (Å²) in [5, 5.41) is 0. The molecular formula is C22H22N2O5S. The molecule has 30 heavy (non-hydrogen) atoms. The Labute approximate surface area is 177 Å². The van der Waals surface area contributed by atoms with Crippen LogP contribution < -0.4 is 14.3 Å². The van der Waals surface area contributed by atoms with Gasteiger partial charge >= 0.3 is 5.97 Å². The first kappa shape index (κ1) is 20.2. The quantitative estimate of drug-likeness (QED) is 0.586. The number of fused-ring (bicyclic) bond motifs is 2. The fraction of sp³-hybridized carbons (Fsp3) is 0.318. The molecule has 0 saturated heterocycles. The van der Waals surface area contributed by atoms with Crippen molar-refractivity contribution >= 4 is 33.4 Å². The van der Waals surface area contributed by atoms with Crippen LogP contribution in [0.25, 0.3) is 10.2 Å². The van der Waals surface area contributed by atoms with E-state index in [-0.39, 0.29) is 31.4 Å². The second kappa shape index (κ2) is 8.71. The van der Waals surface area contributed by atoms with E-state index in [9.17, 15) is 9.59 Å². The van der Waals surface area contributed by atoms with Gasteiger partial charge in [0.2, 0.25) is 0 Å². The highest BCUT2D eigenvalue weighted by Crippen LogP contribution is 2.35. The van der Waals surface area contributed by atoms with Crippen LogP contribution in [0, 0.1) is 6.92 Å². The maximum absolute atomic E-state index is 12.6. The van der Waals surface area contributed by atoms with Gasteiger partial charge in [-0.05, 0) is 19.4 Å². The highest BCUT2D eigenvalue weighted by Gasteiger charge is 2.18. The molecule has 2 heterocycles. The van der Waals surface area contributed by atoms with E-state index in [1.54, 1.807) is 11.5 Å². The first-order chi connectivity index (χ1) is 14.5. The maximum Gasteiger partial charge on any atom is 0.326 e. The molecule has 0 fully saturated rings. The molecule has 8 heteroatoms. The monoisotopic (exact) mass is 426 g/mol. The Morgan fingerprint density at radius 3 is 2.53 bits per heavy atom. The smallest absolute Gasteiger partial charge is 0.326 e. The van der Waals surface area contributed by atoms with Crippen LogP contribution in [0.5, 0.6) is 11.5 Å². The first-order valence-electron chi connectivity index (χ1n) is 9.75. The van der Waals surface area contributed by atoms with Crippen LogP contribution in [-0.4, -0.2) is 36.3 Å². The molecule has 0 N–H and O–H groups in total. The van der Waals surface area contributed by atoms with Crippen molar-refractivity contribution < 1.29 is 23.8 Å². The van der Waals surface area contributed by atoms with E-state index in [0.717, 1.165) is 21.3 Å². The summed E-state index contributed by atoms with van der Waals surface area (Å²) in [6.07, 6.45) is 0.191. The molecule has 1 amide bonds. The zero-order valence-electron chi connectivity index (χ0n) is 16.8. The van der Waals surface area contributed by atoms with Crippen molar-refractivity contribution in [2.45, 2.75) is 26.8 Å². The van der Waals surface area contributed by atoms with E-state index >= 15 is 0 Å². The molecule has 1 aliphatic heterocycles. The van der Waals surface area contributed by atoms with Crippen molar-refractivity contribution in [1.82, 2.24) is 4.57 Å². The number of carbonyl (C=O) groups excluding carboxylic acids is 2. The average Bonchev–Trinajstić information content (AvgIpc) is 3.04. The van der Waals surface area contributed by atoms with Gasteiger partial charge in [0.25, 0.3) is 5.91 Å². The van der Waals surface area contributed by atoms with Gasteiger partial charge in [0.15, 0.2) is 16.3 Å². The van der Waals surface area contributed by atoms with E-state index in [1.165, 1.54) is 11.3 Å². The van der Waals surface area contributed by atoms with Gasteiger partial charge in [0.05, 0.1) is 23.2 Å². The molecule has 2 aromatic carbocycles. The number of carbonyl (C=O) groups is 2. The summed E-state index contributed by atoms with van der Waals surface area (Å²) in [4.78, 5) is 29.6. The van der Waals surface area contributed by atoms with Crippen LogP contribution in [0.2, 0.25) is 0 Å². The van der Waals surface area contributed by atoms with Gasteiger partial charge in [0, 0.05) is 12.1 Å². The molecule has 156 valence electrons. The number of aryl methyl sites for hydroxylation is 1.